The molecule has 2 N–H and O–H groups in total. The lowest BCUT2D eigenvalue weighted by molar-refractivity contribution is -0.141. The second-order valence-electron chi connectivity index (χ2n) is 5.90. The molecule has 20 heavy (non-hydrogen) atoms. The first-order valence-electron chi connectivity index (χ1n) is 7.46. The summed E-state index contributed by atoms with van der Waals surface area (Å²) in [4.78, 5) is 14.7. The van der Waals surface area contributed by atoms with Crippen LogP contribution in [0.25, 0.3) is 10.9 Å². The Morgan fingerprint density at radius 3 is 2.70 bits per heavy atom. The molecule has 1 atom stereocenters. The van der Waals surface area contributed by atoms with Crippen LogP contribution in [-0.4, -0.2) is 16.1 Å². The molecule has 3 nitrogen and oxygen atoms in total. The number of aromatic nitrogens is 1. The normalized spacial score (nSPS) is 15.5. The van der Waals surface area contributed by atoms with Crippen molar-refractivity contribution in [2.24, 2.45) is 5.92 Å². The number of carbonyl (C=O) groups is 1. The molecular formula is C17H21NO2. The highest BCUT2D eigenvalue weighted by atomic mass is 16.4. The van der Waals surface area contributed by atoms with Gasteiger partial charge in [-0.2, -0.15) is 0 Å². The number of aryl methyl sites for hydroxylation is 3. The van der Waals surface area contributed by atoms with Crippen molar-refractivity contribution < 1.29 is 9.90 Å². The number of aromatic amines is 1. The van der Waals surface area contributed by atoms with E-state index in [0.717, 1.165) is 12.1 Å². The van der Waals surface area contributed by atoms with Gasteiger partial charge in [0.25, 0.3) is 0 Å². The summed E-state index contributed by atoms with van der Waals surface area (Å²) < 4.78 is 0. The highest BCUT2D eigenvalue weighted by Gasteiger charge is 2.21. The van der Waals surface area contributed by atoms with Crippen molar-refractivity contribution in [1.29, 1.82) is 0 Å². The molecule has 0 fully saturated rings. The van der Waals surface area contributed by atoms with Crippen LogP contribution >= 0.6 is 0 Å². The number of H-pyrrole nitrogens is 1. The van der Waals surface area contributed by atoms with Crippen LogP contribution in [0.5, 0.6) is 0 Å². The summed E-state index contributed by atoms with van der Waals surface area (Å²) in [6.07, 6.45) is 4.86. The van der Waals surface area contributed by atoms with Crippen LogP contribution < -0.4 is 0 Å². The standard InChI is InChI=1S/C17H21NO2/c1-3-11(17(19)20)7-14-10(2)18-16-9-13-6-4-5-12(13)8-15(14)16/h8-9,11,18H,3-7H2,1-2H3,(H,19,20). The summed E-state index contributed by atoms with van der Waals surface area (Å²) in [6, 6.07) is 4.54. The number of hydrogen-bond acceptors (Lipinski definition) is 1. The molecular weight excluding hydrogens is 250 g/mol. The van der Waals surface area contributed by atoms with Crippen molar-refractivity contribution in [2.45, 2.75) is 46.0 Å². The van der Waals surface area contributed by atoms with Gasteiger partial charge >= 0.3 is 5.97 Å². The molecule has 1 aliphatic carbocycles. The van der Waals surface area contributed by atoms with E-state index in [2.05, 4.69) is 24.0 Å². The van der Waals surface area contributed by atoms with E-state index >= 15 is 0 Å². The van der Waals surface area contributed by atoms with E-state index in [1.807, 2.05) is 6.92 Å². The lowest BCUT2D eigenvalue weighted by atomic mass is 9.94. The largest absolute Gasteiger partial charge is 0.481 e. The van der Waals surface area contributed by atoms with Crippen LogP contribution in [0.15, 0.2) is 12.1 Å². The van der Waals surface area contributed by atoms with Gasteiger partial charge in [0, 0.05) is 16.6 Å². The van der Waals surface area contributed by atoms with E-state index in [-0.39, 0.29) is 5.92 Å². The molecule has 0 radical (unpaired) electrons. The van der Waals surface area contributed by atoms with Gasteiger partial charge in [-0.15, -0.1) is 0 Å². The number of hydrogen-bond donors (Lipinski definition) is 2. The molecule has 0 saturated carbocycles. The Kier molecular flexibility index (Phi) is 3.28. The van der Waals surface area contributed by atoms with Gasteiger partial charge in [-0.25, -0.2) is 0 Å². The third kappa shape index (κ3) is 2.11. The summed E-state index contributed by atoms with van der Waals surface area (Å²) in [7, 11) is 0. The molecule has 1 unspecified atom stereocenters. The summed E-state index contributed by atoms with van der Waals surface area (Å²) in [5, 5.41) is 10.5. The van der Waals surface area contributed by atoms with Gasteiger partial charge in [-0.3, -0.25) is 4.79 Å². The van der Waals surface area contributed by atoms with E-state index in [0.29, 0.717) is 12.8 Å². The molecule has 3 rings (SSSR count). The minimum Gasteiger partial charge on any atom is -0.481 e. The third-order valence-corrected chi connectivity index (χ3v) is 4.62. The SMILES string of the molecule is CCC(Cc1c(C)[nH]c2cc3c(cc12)CCC3)C(=O)O. The summed E-state index contributed by atoms with van der Waals surface area (Å²) in [5.74, 6) is -0.983. The topological polar surface area (TPSA) is 53.1 Å². The van der Waals surface area contributed by atoms with Crippen molar-refractivity contribution >= 4 is 16.9 Å². The van der Waals surface area contributed by atoms with E-state index in [1.165, 1.54) is 40.4 Å². The zero-order chi connectivity index (χ0) is 14.3. The van der Waals surface area contributed by atoms with E-state index in [1.54, 1.807) is 0 Å². The zero-order valence-electron chi connectivity index (χ0n) is 12.1. The quantitative estimate of drug-likeness (QED) is 0.892. The first-order valence-corrected chi connectivity index (χ1v) is 7.46. The van der Waals surface area contributed by atoms with Crippen molar-refractivity contribution in [1.82, 2.24) is 4.98 Å². The van der Waals surface area contributed by atoms with E-state index in [4.69, 9.17) is 0 Å². The molecule has 2 aromatic rings. The van der Waals surface area contributed by atoms with Crippen molar-refractivity contribution in [2.75, 3.05) is 0 Å². The highest BCUT2D eigenvalue weighted by molar-refractivity contribution is 5.87. The number of rotatable bonds is 4. The van der Waals surface area contributed by atoms with Gasteiger partial charge in [0.2, 0.25) is 0 Å². The van der Waals surface area contributed by atoms with Gasteiger partial charge in [-0.05, 0) is 67.9 Å². The average Bonchev–Trinajstić information content (AvgIpc) is 2.96. The second-order valence-corrected chi connectivity index (χ2v) is 5.90. The Labute approximate surface area is 119 Å². The van der Waals surface area contributed by atoms with Gasteiger partial charge in [-0.1, -0.05) is 6.92 Å². The number of benzene rings is 1. The van der Waals surface area contributed by atoms with Crippen LogP contribution in [0.1, 0.15) is 42.1 Å². The number of nitrogens with one attached hydrogen (secondary N) is 1. The smallest absolute Gasteiger partial charge is 0.306 e. The van der Waals surface area contributed by atoms with Crippen LogP contribution in [-0.2, 0) is 24.1 Å². The minimum absolute atomic E-state index is 0.291. The Morgan fingerprint density at radius 1 is 1.35 bits per heavy atom. The summed E-state index contributed by atoms with van der Waals surface area (Å²) in [5.41, 5.74) is 6.36. The predicted octanol–water partition coefficient (Wildman–Crippen LogP) is 3.62. The fraction of sp³-hybridized carbons (Fsp3) is 0.471. The maximum Gasteiger partial charge on any atom is 0.306 e. The van der Waals surface area contributed by atoms with Gasteiger partial charge in [0.05, 0.1) is 5.92 Å². The molecule has 0 amide bonds. The Hall–Kier alpha value is -1.77. The van der Waals surface area contributed by atoms with E-state index < -0.39 is 5.97 Å². The minimum atomic E-state index is -0.692. The number of carboxylic acids is 1. The first kappa shape index (κ1) is 13.2. The van der Waals surface area contributed by atoms with Gasteiger partial charge in [0.1, 0.15) is 0 Å². The molecule has 1 aromatic heterocycles. The summed E-state index contributed by atoms with van der Waals surface area (Å²) in [6.45, 7) is 4.00. The number of carboxylic acid groups (broad SMARTS) is 1. The predicted molar refractivity (Wildman–Crippen MR) is 80.2 cm³/mol. The molecule has 1 heterocycles. The van der Waals surface area contributed by atoms with Crippen LogP contribution in [0.2, 0.25) is 0 Å². The lowest BCUT2D eigenvalue weighted by Gasteiger charge is -2.10. The molecule has 3 heteroatoms. The Bertz CT molecular complexity index is 669. The third-order valence-electron chi connectivity index (χ3n) is 4.62. The zero-order valence-corrected chi connectivity index (χ0v) is 12.1. The molecule has 0 bridgehead atoms. The van der Waals surface area contributed by atoms with E-state index in [9.17, 15) is 9.90 Å². The highest BCUT2D eigenvalue weighted by Crippen LogP contribution is 2.32. The fourth-order valence-corrected chi connectivity index (χ4v) is 3.37. The van der Waals surface area contributed by atoms with Crippen molar-refractivity contribution in [3.63, 3.8) is 0 Å². The molecule has 1 aliphatic rings. The van der Waals surface area contributed by atoms with Crippen LogP contribution in [0.4, 0.5) is 0 Å². The van der Waals surface area contributed by atoms with Gasteiger partial charge < -0.3 is 10.1 Å². The fourth-order valence-electron chi connectivity index (χ4n) is 3.37. The molecule has 1 aromatic carbocycles. The van der Waals surface area contributed by atoms with Crippen molar-refractivity contribution in [3.8, 4) is 0 Å². The molecule has 106 valence electrons. The van der Waals surface area contributed by atoms with Crippen LogP contribution in [0, 0.1) is 12.8 Å². The maximum atomic E-state index is 11.3. The van der Waals surface area contributed by atoms with Gasteiger partial charge in [0.15, 0.2) is 0 Å². The first-order chi connectivity index (χ1) is 9.60. The Balaban J connectivity index is 2.06. The Morgan fingerprint density at radius 2 is 2.05 bits per heavy atom. The molecule has 0 aliphatic heterocycles. The summed E-state index contributed by atoms with van der Waals surface area (Å²) >= 11 is 0. The average molecular weight is 271 g/mol. The molecule has 0 spiro atoms. The number of fused-ring (bicyclic) bond motifs is 2. The monoisotopic (exact) mass is 271 g/mol. The lowest BCUT2D eigenvalue weighted by Crippen LogP contribution is -2.15. The second kappa shape index (κ2) is 4.97. The van der Waals surface area contributed by atoms with Crippen LogP contribution in [0.3, 0.4) is 0 Å². The molecule has 0 saturated heterocycles. The maximum absolute atomic E-state index is 11.3. The van der Waals surface area contributed by atoms with Crippen molar-refractivity contribution in [3.05, 3.63) is 34.5 Å². The number of aliphatic carboxylic acids is 1.